The van der Waals surface area contributed by atoms with Crippen LogP contribution in [0.25, 0.3) is 0 Å². The van der Waals surface area contributed by atoms with Crippen molar-refractivity contribution >= 4 is 11.9 Å². The number of unbranched alkanes of at least 4 members (excludes halogenated alkanes) is 3. The van der Waals surface area contributed by atoms with Gasteiger partial charge < -0.3 is 9.47 Å². The van der Waals surface area contributed by atoms with E-state index in [9.17, 15) is 40.3 Å². The summed E-state index contributed by atoms with van der Waals surface area (Å²) in [5.41, 5.74) is -0.387. The molecule has 0 radical (unpaired) electrons. The zero-order valence-electron chi connectivity index (χ0n) is 15.3. The molecule has 0 unspecified atom stereocenters. The van der Waals surface area contributed by atoms with Gasteiger partial charge in [0.25, 0.3) is 0 Å². The fourth-order valence-corrected chi connectivity index (χ4v) is 2.06. The van der Waals surface area contributed by atoms with E-state index in [-0.39, 0.29) is 12.2 Å². The Morgan fingerprint density at radius 3 is 1.72 bits per heavy atom. The minimum atomic E-state index is -6.51. The van der Waals surface area contributed by atoms with Gasteiger partial charge in [-0.2, -0.15) is 30.7 Å². The highest BCUT2D eigenvalue weighted by Crippen LogP contribution is 2.46. The molecule has 0 bridgehead atoms. The maximum atomic E-state index is 13.1. The van der Waals surface area contributed by atoms with Crippen LogP contribution in [0.4, 0.5) is 30.7 Å². The van der Waals surface area contributed by atoms with Crippen LogP contribution < -0.4 is 0 Å². The number of hydrogen-bond donors (Lipinski definition) is 0. The molecule has 0 aliphatic heterocycles. The van der Waals surface area contributed by atoms with Crippen molar-refractivity contribution in [1.29, 1.82) is 0 Å². The highest BCUT2D eigenvalue weighted by Gasteiger charge is 2.73. The van der Waals surface area contributed by atoms with Crippen molar-refractivity contribution in [3.8, 4) is 0 Å². The number of rotatable bonds is 10. The van der Waals surface area contributed by atoms with Crippen LogP contribution in [0.2, 0.25) is 0 Å². The first-order valence-corrected chi connectivity index (χ1v) is 8.60. The topological polar surface area (TPSA) is 52.6 Å². The molecule has 4 nitrogen and oxygen atoms in total. The largest absolute Gasteiger partial charge is 0.462 e. The number of hydrogen-bond acceptors (Lipinski definition) is 4. The number of carbonyl (C=O) groups excluding carboxylic acids is 2. The highest BCUT2D eigenvalue weighted by atomic mass is 19.4. The zero-order valence-corrected chi connectivity index (χ0v) is 15.3. The molecule has 0 aliphatic carbocycles. The van der Waals surface area contributed by atoms with E-state index in [1.54, 1.807) is 0 Å². The smallest absolute Gasteiger partial charge is 0.460 e. The van der Waals surface area contributed by atoms with Crippen molar-refractivity contribution in [1.82, 2.24) is 0 Å². The zero-order chi connectivity index (χ0) is 22.3. The summed E-state index contributed by atoms with van der Waals surface area (Å²) in [7, 11) is 0. The third-order valence-electron chi connectivity index (χ3n) is 3.79. The van der Waals surface area contributed by atoms with Gasteiger partial charge in [0.2, 0.25) is 0 Å². The third kappa shape index (κ3) is 6.60. The molecule has 11 heteroatoms. The Morgan fingerprint density at radius 2 is 1.28 bits per heavy atom. The quantitative estimate of drug-likeness (QED) is 0.282. The second-order valence-corrected chi connectivity index (χ2v) is 6.13. The monoisotopic (exact) mass is 432 g/mol. The number of ether oxygens (including phenoxy) is 2. The van der Waals surface area contributed by atoms with Gasteiger partial charge in [-0.05, 0) is 30.7 Å². The summed E-state index contributed by atoms with van der Waals surface area (Å²) in [5.74, 6) is -14.3. The minimum Gasteiger partial charge on any atom is -0.462 e. The molecule has 0 aliphatic rings. The lowest BCUT2D eigenvalue weighted by molar-refractivity contribution is -0.359. The summed E-state index contributed by atoms with van der Waals surface area (Å²) in [5, 5.41) is 0. The summed E-state index contributed by atoms with van der Waals surface area (Å²) in [4.78, 5) is 23.4. The highest BCUT2D eigenvalue weighted by molar-refractivity contribution is 5.93. The Morgan fingerprint density at radius 1 is 0.793 bits per heavy atom. The summed E-state index contributed by atoms with van der Waals surface area (Å²) < 4.78 is 96.8. The van der Waals surface area contributed by atoms with Crippen molar-refractivity contribution in [3.05, 3.63) is 35.4 Å². The molecule has 1 aromatic rings. The molecule has 0 spiro atoms. The van der Waals surface area contributed by atoms with Gasteiger partial charge >= 0.3 is 30.0 Å². The number of alkyl halides is 7. The van der Waals surface area contributed by atoms with E-state index >= 15 is 0 Å². The maximum Gasteiger partial charge on any atom is 0.460 e. The van der Waals surface area contributed by atoms with Gasteiger partial charge in [0.15, 0.2) is 6.61 Å². The van der Waals surface area contributed by atoms with E-state index in [1.165, 1.54) is 0 Å². The van der Waals surface area contributed by atoms with Crippen LogP contribution in [0, 0.1) is 0 Å². The van der Waals surface area contributed by atoms with Crippen LogP contribution >= 0.6 is 0 Å². The number of benzene rings is 1. The van der Waals surface area contributed by atoms with Crippen LogP contribution in [0.3, 0.4) is 0 Å². The van der Waals surface area contributed by atoms with E-state index < -0.39 is 42.1 Å². The van der Waals surface area contributed by atoms with Crippen LogP contribution in [0.1, 0.15) is 53.3 Å². The summed E-state index contributed by atoms with van der Waals surface area (Å²) in [6, 6.07) is 4.15. The van der Waals surface area contributed by atoms with Crippen LogP contribution in [0.5, 0.6) is 0 Å². The fraction of sp³-hybridized carbons (Fsp3) is 0.556. The Bertz CT molecular complexity index is 684. The Kier molecular flexibility index (Phi) is 8.46. The Balaban J connectivity index is 2.63. The SMILES string of the molecule is CCCCCCOC(=O)c1ccc(C(=O)OCC(F)(F)C(F)(F)C(F)(F)F)cc1. The lowest BCUT2D eigenvalue weighted by Gasteiger charge is -2.27. The van der Waals surface area contributed by atoms with Gasteiger partial charge in [0.05, 0.1) is 17.7 Å². The van der Waals surface area contributed by atoms with Crippen molar-refractivity contribution in [2.75, 3.05) is 13.2 Å². The second-order valence-electron chi connectivity index (χ2n) is 6.13. The lowest BCUT2D eigenvalue weighted by atomic mass is 10.1. The molecule has 0 saturated heterocycles. The molecule has 0 fully saturated rings. The summed E-state index contributed by atoms with van der Waals surface area (Å²) in [6.45, 7) is -0.271. The lowest BCUT2D eigenvalue weighted by Crippen LogP contribution is -2.54. The van der Waals surface area contributed by atoms with Crippen molar-refractivity contribution in [2.45, 2.75) is 50.6 Å². The van der Waals surface area contributed by atoms with Crippen LogP contribution in [-0.4, -0.2) is 43.2 Å². The molecule has 1 rings (SSSR count). The van der Waals surface area contributed by atoms with E-state index in [1.807, 2.05) is 6.92 Å². The average molecular weight is 432 g/mol. The molecule has 164 valence electrons. The van der Waals surface area contributed by atoms with E-state index in [0.29, 0.717) is 6.42 Å². The molecule has 0 saturated carbocycles. The van der Waals surface area contributed by atoms with Crippen LogP contribution in [0.15, 0.2) is 24.3 Å². The predicted molar refractivity (Wildman–Crippen MR) is 87.1 cm³/mol. The molecule has 0 aromatic heterocycles. The van der Waals surface area contributed by atoms with Gasteiger partial charge in [-0.3, -0.25) is 0 Å². The van der Waals surface area contributed by atoms with Crippen molar-refractivity contribution in [2.24, 2.45) is 0 Å². The molecule has 0 amide bonds. The van der Waals surface area contributed by atoms with Crippen LogP contribution in [-0.2, 0) is 9.47 Å². The first-order chi connectivity index (χ1) is 13.3. The van der Waals surface area contributed by atoms with E-state index in [0.717, 1.165) is 43.5 Å². The van der Waals surface area contributed by atoms with Gasteiger partial charge in [-0.25, -0.2) is 9.59 Å². The molecule has 1 aromatic carbocycles. The number of halogens is 7. The third-order valence-corrected chi connectivity index (χ3v) is 3.79. The normalized spacial score (nSPS) is 12.6. The fourth-order valence-electron chi connectivity index (χ4n) is 2.06. The molecule has 0 heterocycles. The molecule has 0 N–H and O–H groups in total. The van der Waals surface area contributed by atoms with E-state index in [4.69, 9.17) is 4.74 Å². The number of esters is 2. The minimum absolute atomic E-state index is 0.0333. The van der Waals surface area contributed by atoms with Gasteiger partial charge in [-0.15, -0.1) is 0 Å². The molecular formula is C18H19F7O4. The Labute approximate surface area is 162 Å². The van der Waals surface area contributed by atoms with E-state index in [2.05, 4.69) is 4.74 Å². The molecule has 0 atom stereocenters. The first-order valence-electron chi connectivity index (χ1n) is 8.60. The molecule has 29 heavy (non-hydrogen) atoms. The Hall–Kier alpha value is -2.33. The van der Waals surface area contributed by atoms with Gasteiger partial charge in [-0.1, -0.05) is 26.2 Å². The van der Waals surface area contributed by atoms with Crippen molar-refractivity contribution in [3.63, 3.8) is 0 Å². The molecular weight excluding hydrogens is 413 g/mol. The predicted octanol–water partition coefficient (Wildman–Crippen LogP) is 5.41. The van der Waals surface area contributed by atoms with Gasteiger partial charge in [0, 0.05) is 0 Å². The average Bonchev–Trinajstić information content (AvgIpc) is 2.65. The number of carbonyl (C=O) groups is 2. The van der Waals surface area contributed by atoms with Crippen molar-refractivity contribution < 1.29 is 49.8 Å². The maximum absolute atomic E-state index is 13.1. The van der Waals surface area contributed by atoms with Gasteiger partial charge in [0.1, 0.15) is 0 Å². The second kappa shape index (κ2) is 9.93. The first kappa shape index (κ1) is 24.7. The standard InChI is InChI=1S/C18H19F7O4/c1-2-3-4-5-10-28-14(26)12-6-8-13(9-7-12)15(27)29-11-16(19,20)17(21,22)18(23,24)25/h6-9H,2-5,10-11H2,1H3. The summed E-state index contributed by atoms with van der Waals surface area (Å²) in [6.07, 6.45) is -2.97. The summed E-state index contributed by atoms with van der Waals surface area (Å²) >= 11 is 0.